The highest BCUT2D eigenvalue weighted by Gasteiger charge is 2.29. The Morgan fingerprint density at radius 2 is 1.73 bits per heavy atom. The van der Waals surface area contributed by atoms with Gasteiger partial charge in [-0.1, -0.05) is 12.1 Å². The van der Waals surface area contributed by atoms with E-state index in [1.165, 1.54) is 24.5 Å². The first-order valence-corrected chi connectivity index (χ1v) is 11.8. The molecule has 1 aliphatic heterocycles. The molecule has 174 valence electrons. The Hall–Kier alpha value is -3.28. The third-order valence-corrected chi connectivity index (χ3v) is 7.08. The van der Waals surface area contributed by atoms with Crippen molar-refractivity contribution >= 4 is 21.4 Å². The van der Waals surface area contributed by atoms with E-state index in [0.717, 1.165) is 12.1 Å². The number of hydrogen-bond donors (Lipinski definition) is 1. The van der Waals surface area contributed by atoms with Crippen molar-refractivity contribution in [2.45, 2.75) is 10.9 Å². The van der Waals surface area contributed by atoms with Gasteiger partial charge in [-0.3, -0.25) is 15.0 Å². The zero-order valence-electron chi connectivity index (χ0n) is 17.6. The number of piperazine rings is 1. The molecule has 0 unspecified atom stereocenters. The number of benzene rings is 2. The third-order valence-electron chi connectivity index (χ3n) is 5.64. The molecule has 0 bridgehead atoms. The molecule has 1 saturated heterocycles. The molecule has 1 fully saturated rings. The Labute approximate surface area is 190 Å². The van der Waals surface area contributed by atoms with E-state index in [0.29, 0.717) is 37.6 Å². The number of furan rings is 1. The van der Waals surface area contributed by atoms with Crippen LogP contribution in [0.1, 0.15) is 11.8 Å². The van der Waals surface area contributed by atoms with E-state index < -0.39 is 14.9 Å². The van der Waals surface area contributed by atoms with Gasteiger partial charge in [0.25, 0.3) is 5.69 Å². The second-order valence-corrected chi connectivity index (χ2v) is 9.38. The summed E-state index contributed by atoms with van der Waals surface area (Å²) >= 11 is 0. The number of nitro benzene ring substituents is 1. The molecule has 9 nitrogen and oxygen atoms in total. The first-order chi connectivity index (χ1) is 15.8. The second kappa shape index (κ2) is 9.69. The summed E-state index contributed by atoms with van der Waals surface area (Å²) in [6, 6.07) is 14.5. The van der Waals surface area contributed by atoms with Gasteiger partial charge in [0.05, 0.1) is 27.8 Å². The summed E-state index contributed by atoms with van der Waals surface area (Å²) in [7, 11) is -3.89. The molecular weight excluding hydrogens is 451 g/mol. The van der Waals surface area contributed by atoms with Crippen molar-refractivity contribution in [1.29, 1.82) is 0 Å². The van der Waals surface area contributed by atoms with Crippen LogP contribution in [-0.2, 0) is 10.0 Å². The van der Waals surface area contributed by atoms with Crippen LogP contribution < -0.4 is 9.62 Å². The first kappa shape index (κ1) is 22.9. The fraction of sp³-hybridized carbons (Fsp3) is 0.273. The van der Waals surface area contributed by atoms with Gasteiger partial charge in [-0.2, -0.15) is 0 Å². The zero-order valence-corrected chi connectivity index (χ0v) is 18.4. The van der Waals surface area contributed by atoms with Crippen LogP contribution in [0.15, 0.2) is 76.2 Å². The lowest BCUT2D eigenvalue weighted by Crippen LogP contribution is -2.50. The molecule has 0 saturated carbocycles. The van der Waals surface area contributed by atoms with Crippen molar-refractivity contribution in [2.24, 2.45) is 0 Å². The third kappa shape index (κ3) is 5.21. The number of para-hydroxylation sites is 1. The molecule has 0 amide bonds. The van der Waals surface area contributed by atoms with E-state index in [2.05, 4.69) is 9.62 Å². The molecule has 4 rings (SSSR count). The Morgan fingerprint density at radius 1 is 1.03 bits per heavy atom. The Morgan fingerprint density at radius 3 is 2.33 bits per heavy atom. The maximum atomic E-state index is 14.2. The second-order valence-electron chi connectivity index (χ2n) is 7.61. The number of sulfonamides is 1. The number of nitro groups is 1. The maximum absolute atomic E-state index is 14.2. The van der Waals surface area contributed by atoms with Crippen LogP contribution in [0.3, 0.4) is 0 Å². The van der Waals surface area contributed by atoms with Crippen LogP contribution in [-0.4, -0.2) is 51.0 Å². The van der Waals surface area contributed by atoms with Crippen molar-refractivity contribution in [1.82, 2.24) is 9.62 Å². The van der Waals surface area contributed by atoms with E-state index in [9.17, 15) is 22.9 Å². The number of non-ortho nitro benzene ring substituents is 1. The topological polar surface area (TPSA) is 109 Å². The van der Waals surface area contributed by atoms with Gasteiger partial charge in [0.2, 0.25) is 10.0 Å². The van der Waals surface area contributed by atoms with Gasteiger partial charge in [-0.15, -0.1) is 0 Å². The Balaban J connectivity index is 1.45. The minimum atomic E-state index is -3.89. The molecular formula is C22H23FN4O5S. The summed E-state index contributed by atoms with van der Waals surface area (Å²) in [5.74, 6) is 0.338. The van der Waals surface area contributed by atoms with Crippen LogP contribution in [0.5, 0.6) is 0 Å². The van der Waals surface area contributed by atoms with Crippen molar-refractivity contribution in [2.75, 3.05) is 37.6 Å². The highest BCUT2D eigenvalue weighted by molar-refractivity contribution is 7.89. The van der Waals surface area contributed by atoms with Crippen molar-refractivity contribution in [3.05, 3.63) is 88.6 Å². The monoisotopic (exact) mass is 474 g/mol. The fourth-order valence-corrected chi connectivity index (χ4v) is 4.93. The molecule has 0 aliphatic carbocycles. The standard InChI is InChI=1S/C22H23FN4O5S/c23-19-4-1-2-5-20(19)25-11-13-26(14-12-25)21(22-6-3-15-32-22)16-24-33(30,31)18-9-7-17(8-10-18)27(28)29/h1-10,15,21,24H,11-14,16H2/t21-/m0/s1. The highest BCUT2D eigenvalue weighted by Crippen LogP contribution is 2.26. The normalized spacial score (nSPS) is 16.0. The van der Waals surface area contributed by atoms with Gasteiger partial charge in [-0.05, 0) is 36.4 Å². The first-order valence-electron chi connectivity index (χ1n) is 10.4. The predicted molar refractivity (Wildman–Crippen MR) is 120 cm³/mol. The summed E-state index contributed by atoms with van der Waals surface area (Å²) in [6.07, 6.45) is 1.53. The summed E-state index contributed by atoms with van der Waals surface area (Å²) in [5.41, 5.74) is 0.362. The van der Waals surface area contributed by atoms with Crippen LogP contribution in [0.4, 0.5) is 15.8 Å². The Kier molecular flexibility index (Phi) is 6.72. The van der Waals surface area contributed by atoms with Gasteiger partial charge < -0.3 is 9.32 Å². The van der Waals surface area contributed by atoms with Gasteiger partial charge in [-0.25, -0.2) is 17.5 Å². The largest absolute Gasteiger partial charge is 0.468 e. The Bertz CT molecular complexity index is 1190. The lowest BCUT2D eigenvalue weighted by Gasteiger charge is -2.39. The number of halogens is 1. The molecule has 1 N–H and O–H groups in total. The lowest BCUT2D eigenvalue weighted by atomic mass is 10.1. The lowest BCUT2D eigenvalue weighted by molar-refractivity contribution is -0.384. The molecule has 1 atom stereocenters. The summed E-state index contributed by atoms with van der Waals surface area (Å²) < 4.78 is 47.8. The average molecular weight is 475 g/mol. The molecule has 3 aromatic rings. The van der Waals surface area contributed by atoms with Gasteiger partial charge in [0, 0.05) is 44.9 Å². The molecule has 2 aromatic carbocycles. The average Bonchev–Trinajstić information content (AvgIpc) is 3.35. The van der Waals surface area contributed by atoms with Crippen LogP contribution in [0.2, 0.25) is 0 Å². The van der Waals surface area contributed by atoms with E-state index in [-0.39, 0.29) is 29.0 Å². The minimum Gasteiger partial charge on any atom is -0.468 e. The van der Waals surface area contributed by atoms with Gasteiger partial charge >= 0.3 is 0 Å². The van der Waals surface area contributed by atoms with E-state index in [1.54, 1.807) is 30.3 Å². The van der Waals surface area contributed by atoms with E-state index >= 15 is 0 Å². The van der Waals surface area contributed by atoms with Crippen LogP contribution in [0.25, 0.3) is 0 Å². The minimum absolute atomic E-state index is 0.0481. The number of anilines is 1. The molecule has 11 heteroatoms. The predicted octanol–water partition coefficient (Wildman–Crippen LogP) is 3.17. The van der Waals surface area contributed by atoms with Crippen molar-refractivity contribution in [3.63, 3.8) is 0 Å². The molecule has 0 spiro atoms. The molecule has 1 aromatic heterocycles. The van der Waals surface area contributed by atoms with E-state index in [1.807, 2.05) is 4.90 Å². The summed E-state index contributed by atoms with van der Waals surface area (Å²) in [5, 5.41) is 10.8. The summed E-state index contributed by atoms with van der Waals surface area (Å²) in [6.45, 7) is 2.37. The molecule has 1 aliphatic rings. The van der Waals surface area contributed by atoms with Crippen LogP contribution in [0, 0.1) is 15.9 Å². The van der Waals surface area contributed by atoms with Gasteiger partial charge in [0.15, 0.2) is 0 Å². The van der Waals surface area contributed by atoms with Crippen LogP contribution >= 0.6 is 0 Å². The fourth-order valence-electron chi connectivity index (χ4n) is 3.89. The van der Waals surface area contributed by atoms with Crippen molar-refractivity contribution in [3.8, 4) is 0 Å². The SMILES string of the molecule is O=[N+]([O-])c1ccc(S(=O)(=O)NC[C@@H](c2ccco2)N2CCN(c3ccccc3F)CC2)cc1. The molecule has 0 radical (unpaired) electrons. The van der Waals surface area contributed by atoms with Crippen molar-refractivity contribution < 1.29 is 22.1 Å². The quantitative estimate of drug-likeness (QED) is 0.395. The number of nitrogens with one attached hydrogen (secondary N) is 1. The molecule has 33 heavy (non-hydrogen) atoms. The summed E-state index contributed by atoms with van der Waals surface area (Å²) in [4.78, 5) is 14.2. The number of hydrogen-bond acceptors (Lipinski definition) is 7. The smallest absolute Gasteiger partial charge is 0.269 e. The zero-order chi connectivity index (χ0) is 23.4. The van der Waals surface area contributed by atoms with Gasteiger partial charge in [0.1, 0.15) is 11.6 Å². The van der Waals surface area contributed by atoms with E-state index in [4.69, 9.17) is 4.42 Å². The number of rotatable bonds is 8. The number of nitrogens with zero attached hydrogens (tertiary/aromatic N) is 3. The highest BCUT2D eigenvalue weighted by atomic mass is 32.2. The maximum Gasteiger partial charge on any atom is 0.269 e. The molecule has 2 heterocycles.